The molecule has 1 nitrogen and oxygen atoms in total. The number of halogens is 1. The molecule has 0 aromatic heterocycles. The summed E-state index contributed by atoms with van der Waals surface area (Å²) in [7, 11) is 0. The number of benzene rings is 2. The van der Waals surface area contributed by atoms with E-state index in [0.29, 0.717) is 0 Å². The maximum atomic E-state index is 6.16. The van der Waals surface area contributed by atoms with Gasteiger partial charge in [0.25, 0.3) is 0 Å². The van der Waals surface area contributed by atoms with Crippen molar-refractivity contribution in [3.05, 3.63) is 65.2 Å². The zero-order valence-electron chi connectivity index (χ0n) is 10.8. The Balaban J connectivity index is 1.73. The third-order valence-corrected chi connectivity index (χ3v) is 4.21. The second kappa shape index (κ2) is 7.59. The molecule has 2 aromatic rings. The largest absolute Gasteiger partial charge is 0.327 e. The van der Waals surface area contributed by atoms with Crippen LogP contribution < -0.4 is 5.73 Å². The van der Waals surface area contributed by atoms with Crippen LogP contribution in [-0.2, 0) is 6.42 Å². The minimum atomic E-state index is 0.206. The maximum absolute atomic E-state index is 6.16. The fourth-order valence-electron chi connectivity index (χ4n) is 1.87. The minimum Gasteiger partial charge on any atom is -0.327 e. The SMILES string of the molecule is NC(CCSc1ccccc1)Cc1ccc(Cl)cc1. The van der Waals surface area contributed by atoms with Crippen molar-refractivity contribution < 1.29 is 0 Å². The first-order valence-corrected chi connectivity index (χ1v) is 7.78. The number of hydrogen-bond acceptors (Lipinski definition) is 2. The second-order valence-electron chi connectivity index (χ2n) is 4.54. The third kappa shape index (κ3) is 5.27. The molecule has 1 atom stereocenters. The molecule has 100 valence electrons. The summed E-state index contributed by atoms with van der Waals surface area (Å²) in [5.74, 6) is 1.05. The van der Waals surface area contributed by atoms with Crippen LogP contribution in [0.1, 0.15) is 12.0 Å². The molecule has 0 bridgehead atoms. The van der Waals surface area contributed by atoms with Crippen molar-refractivity contribution in [3.63, 3.8) is 0 Å². The number of nitrogens with two attached hydrogens (primary N) is 1. The molecule has 0 radical (unpaired) electrons. The Labute approximate surface area is 124 Å². The van der Waals surface area contributed by atoms with Crippen LogP contribution in [0.2, 0.25) is 5.02 Å². The third-order valence-electron chi connectivity index (χ3n) is 2.91. The minimum absolute atomic E-state index is 0.206. The first kappa shape index (κ1) is 14.4. The summed E-state index contributed by atoms with van der Waals surface area (Å²) in [5.41, 5.74) is 7.41. The topological polar surface area (TPSA) is 26.0 Å². The van der Waals surface area contributed by atoms with Gasteiger partial charge in [-0.2, -0.15) is 0 Å². The number of thioether (sulfide) groups is 1. The molecule has 2 N–H and O–H groups in total. The quantitative estimate of drug-likeness (QED) is 0.799. The Bertz CT molecular complexity index is 484. The molecule has 1 unspecified atom stereocenters. The normalized spacial score (nSPS) is 12.3. The summed E-state index contributed by atoms with van der Waals surface area (Å²) in [6, 6.07) is 18.6. The van der Waals surface area contributed by atoms with Crippen molar-refractivity contribution in [2.75, 3.05) is 5.75 Å². The zero-order chi connectivity index (χ0) is 13.5. The van der Waals surface area contributed by atoms with Gasteiger partial charge in [-0.15, -0.1) is 11.8 Å². The van der Waals surface area contributed by atoms with Crippen LogP contribution in [0.4, 0.5) is 0 Å². The average molecular weight is 292 g/mol. The van der Waals surface area contributed by atoms with Gasteiger partial charge >= 0.3 is 0 Å². The maximum Gasteiger partial charge on any atom is 0.0406 e. The van der Waals surface area contributed by atoms with Crippen molar-refractivity contribution in [2.24, 2.45) is 5.73 Å². The lowest BCUT2D eigenvalue weighted by Crippen LogP contribution is -2.23. The monoisotopic (exact) mass is 291 g/mol. The van der Waals surface area contributed by atoms with E-state index in [1.165, 1.54) is 10.5 Å². The van der Waals surface area contributed by atoms with Crippen molar-refractivity contribution >= 4 is 23.4 Å². The molecule has 0 aliphatic heterocycles. The van der Waals surface area contributed by atoms with Crippen LogP contribution in [0.3, 0.4) is 0 Å². The lowest BCUT2D eigenvalue weighted by Gasteiger charge is -2.11. The van der Waals surface area contributed by atoms with Gasteiger partial charge in [-0.3, -0.25) is 0 Å². The Hall–Kier alpha value is -0.960. The van der Waals surface area contributed by atoms with E-state index in [1.807, 2.05) is 42.1 Å². The van der Waals surface area contributed by atoms with Gasteiger partial charge in [0.1, 0.15) is 0 Å². The molecule has 2 aromatic carbocycles. The van der Waals surface area contributed by atoms with Crippen molar-refractivity contribution in [2.45, 2.75) is 23.8 Å². The second-order valence-corrected chi connectivity index (χ2v) is 6.15. The predicted molar refractivity (Wildman–Crippen MR) is 84.9 cm³/mol. The highest BCUT2D eigenvalue weighted by Gasteiger charge is 2.04. The van der Waals surface area contributed by atoms with E-state index < -0.39 is 0 Å². The highest BCUT2D eigenvalue weighted by molar-refractivity contribution is 7.99. The van der Waals surface area contributed by atoms with Crippen LogP contribution in [0, 0.1) is 0 Å². The van der Waals surface area contributed by atoms with Crippen molar-refractivity contribution in [3.8, 4) is 0 Å². The summed E-state index contributed by atoms with van der Waals surface area (Å²) in [6.45, 7) is 0. The van der Waals surface area contributed by atoms with Gasteiger partial charge in [0, 0.05) is 16.0 Å². The lowest BCUT2D eigenvalue weighted by molar-refractivity contribution is 0.652. The summed E-state index contributed by atoms with van der Waals surface area (Å²) in [5, 5.41) is 0.775. The van der Waals surface area contributed by atoms with E-state index >= 15 is 0 Å². The van der Waals surface area contributed by atoms with Crippen molar-refractivity contribution in [1.29, 1.82) is 0 Å². The molecule has 0 amide bonds. The lowest BCUT2D eigenvalue weighted by atomic mass is 10.1. The van der Waals surface area contributed by atoms with Gasteiger partial charge in [-0.1, -0.05) is 41.9 Å². The Morgan fingerprint density at radius 1 is 1.00 bits per heavy atom. The summed E-state index contributed by atoms with van der Waals surface area (Å²) in [6.07, 6.45) is 1.93. The van der Waals surface area contributed by atoms with Gasteiger partial charge in [0.15, 0.2) is 0 Å². The number of hydrogen-bond donors (Lipinski definition) is 1. The molecule has 0 saturated carbocycles. The van der Waals surface area contributed by atoms with E-state index in [1.54, 1.807) is 0 Å². The van der Waals surface area contributed by atoms with Crippen LogP contribution in [-0.4, -0.2) is 11.8 Å². The highest BCUT2D eigenvalue weighted by Crippen LogP contribution is 2.19. The van der Waals surface area contributed by atoms with Gasteiger partial charge in [0.2, 0.25) is 0 Å². The van der Waals surface area contributed by atoms with Crippen LogP contribution in [0.15, 0.2) is 59.5 Å². The Morgan fingerprint density at radius 3 is 2.37 bits per heavy atom. The molecule has 3 heteroatoms. The smallest absolute Gasteiger partial charge is 0.0406 e. The molecular weight excluding hydrogens is 274 g/mol. The van der Waals surface area contributed by atoms with Crippen LogP contribution in [0.25, 0.3) is 0 Å². The summed E-state index contributed by atoms with van der Waals surface area (Å²) in [4.78, 5) is 1.31. The van der Waals surface area contributed by atoms with E-state index in [9.17, 15) is 0 Å². The molecular formula is C16H18ClNS. The van der Waals surface area contributed by atoms with E-state index in [4.69, 9.17) is 17.3 Å². The van der Waals surface area contributed by atoms with E-state index in [-0.39, 0.29) is 6.04 Å². The average Bonchev–Trinajstić information content (AvgIpc) is 2.43. The van der Waals surface area contributed by atoms with Crippen molar-refractivity contribution in [1.82, 2.24) is 0 Å². The van der Waals surface area contributed by atoms with Gasteiger partial charge in [-0.05, 0) is 48.4 Å². The molecule has 19 heavy (non-hydrogen) atoms. The van der Waals surface area contributed by atoms with Gasteiger partial charge in [0.05, 0.1) is 0 Å². The number of rotatable bonds is 6. The Kier molecular flexibility index (Phi) is 5.77. The molecule has 0 saturated heterocycles. The molecule has 0 spiro atoms. The zero-order valence-corrected chi connectivity index (χ0v) is 12.3. The van der Waals surface area contributed by atoms with E-state index in [2.05, 4.69) is 24.3 Å². The summed E-state index contributed by atoms with van der Waals surface area (Å²) >= 11 is 7.73. The molecule has 0 aliphatic rings. The fourth-order valence-corrected chi connectivity index (χ4v) is 3.00. The fraction of sp³-hybridized carbons (Fsp3) is 0.250. The first-order chi connectivity index (χ1) is 9.24. The van der Waals surface area contributed by atoms with Crippen LogP contribution in [0.5, 0.6) is 0 Å². The molecule has 0 fully saturated rings. The molecule has 2 rings (SSSR count). The predicted octanol–water partition coefficient (Wildman–Crippen LogP) is 4.39. The van der Waals surface area contributed by atoms with Crippen LogP contribution >= 0.6 is 23.4 Å². The van der Waals surface area contributed by atoms with Gasteiger partial charge < -0.3 is 5.73 Å². The van der Waals surface area contributed by atoms with E-state index in [0.717, 1.165) is 23.6 Å². The standard InChI is InChI=1S/C16H18ClNS/c17-14-8-6-13(7-9-14)12-15(18)10-11-19-16-4-2-1-3-5-16/h1-9,15H,10-12,18H2. The summed E-state index contributed by atoms with van der Waals surface area (Å²) < 4.78 is 0. The Morgan fingerprint density at radius 2 is 1.68 bits per heavy atom. The van der Waals surface area contributed by atoms with Gasteiger partial charge in [-0.25, -0.2) is 0 Å². The molecule has 0 aliphatic carbocycles. The first-order valence-electron chi connectivity index (χ1n) is 6.42. The highest BCUT2D eigenvalue weighted by atomic mass is 35.5. The molecule has 0 heterocycles.